The summed E-state index contributed by atoms with van der Waals surface area (Å²) in [4.78, 5) is 8.03. The first kappa shape index (κ1) is 11.8. The molecule has 2 rings (SSSR count). The SMILES string of the molecule is N#Cc1ccnc(NCC2(O)CCCCC2)n1. The summed E-state index contributed by atoms with van der Waals surface area (Å²) in [5.41, 5.74) is -0.317. The molecule has 1 fully saturated rings. The van der Waals surface area contributed by atoms with Crippen molar-refractivity contribution in [1.82, 2.24) is 9.97 Å². The fourth-order valence-electron chi connectivity index (χ4n) is 2.14. The minimum Gasteiger partial charge on any atom is -0.388 e. The zero-order chi connectivity index (χ0) is 12.1. The predicted octanol–water partition coefficient (Wildman–Crippen LogP) is 1.46. The van der Waals surface area contributed by atoms with Crippen LogP contribution in [0.15, 0.2) is 12.3 Å². The maximum absolute atomic E-state index is 10.3. The van der Waals surface area contributed by atoms with Crippen LogP contribution in [0.4, 0.5) is 5.95 Å². The maximum atomic E-state index is 10.3. The van der Waals surface area contributed by atoms with Crippen LogP contribution in [0.1, 0.15) is 37.8 Å². The third kappa shape index (κ3) is 3.14. The van der Waals surface area contributed by atoms with Gasteiger partial charge in [-0.1, -0.05) is 19.3 Å². The first-order valence-corrected chi connectivity index (χ1v) is 5.91. The Bertz CT molecular complexity index is 421. The van der Waals surface area contributed by atoms with Crippen molar-refractivity contribution in [2.24, 2.45) is 0 Å². The molecule has 1 saturated carbocycles. The first-order valence-electron chi connectivity index (χ1n) is 5.91. The monoisotopic (exact) mass is 232 g/mol. The molecule has 0 aliphatic heterocycles. The molecular formula is C12H16N4O. The van der Waals surface area contributed by atoms with Crippen molar-refractivity contribution < 1.29 is 5.11 Å². The Morgan fingerprint density at radius 2 is 2.18 bits per heavy atom. The van der Waals surface area contributed by atoms with E-state index in [1.54, 1.807) is 12.3 Å². The van der Waals surface area contributed by atoms with Crippen molar-refractivity contribution in [3.63, 3.8) is 0 Å². The van der Waals surface area contributed by atoms with E-state index in [0.717, 1.165) is 25.7 Å². The largest absolute Gasteiger partial charge is 0.388 e. The van der Waals surface area contributed by atoms with Gasteiger partial charge in [0.05, 0.1) is 5.60 Å². The lowest BCUT2D eigenvalue weighted by atomic mass is 9.85. The Balaban J connectivity index is 1.95. The van der Waals surface area contributed by atoms with Crippen LogP contribution in [-0.4, -0.2) is 27.2 Å². The van der Waals surface area contributed by atoms with E-state index in [4.69, 9.17) is 5.26 Å². The summed E-state index contributed by atoms with van der Waals surface area (Å²) in [5, 5.41) is 22.0. The van der Waals surface area contributed by atoms with E-state index in [9.17, 15) is 5.11 Å². The standard InChI is InChI=1S/C12H16N4O/c13-8-10-4-7-14-11(16-10)15-9-12(17)5-2-1-3-6-12/h4,7,17H,1-3,5-6,9H2,(H,14,15,16). The van der Waals surface area contributed by atoms with E-state index in [-0.39, 0.29) is 0 Å². The van der Waals surface area contributed by atoms with E-state index in [0.29, 0.717) is 18.2 Å². The van der Waals surface area contributed by atoms with Crippen molar-refractivity contribution in [2.45, 2.75) is 37.7 Å². The van der Waals surface area contributed by atoms with Gasteiger partial charge in [0.15, 0.2) is 0 Å². The number of nitrogens with zero attached hydrogens (tertiary/aromatic N) is 3. The second-order valence-corrected chi connectivity index (χ2v) is 4.52. The lowest BCUT2D eigenvalue weighted by Crippen LogP contribution is -2.39. The summed E-state index contributed by atoms with van der Waals surface area (Å²) in [7, 11) is 0. The Labute approximate surface area is 101 Å². The van der Waals surface area contributed by atoms with Gasteiger partial charge in [-0.15, -0.1) is 0 Å². The van der Waals surface area contributed by atoms with Crippen LogP contribution in [0.3, 0.4) is 0 Å². The second kappa shape index (κ2) is 5.11. The average Bonchev–Trinajstić information content (AvgIpc) is 2.38. The van der Waals surface area contributed by atoms with Crippen LogP contribution in [-0.2, 0) is 0 Å². The molecule has 0 radical (unpaired) electrons. The molecule has 1 aromatic heterocycles. The van der Waals surface area contributed by atoms with E-state index in [1.807, 2.05) is 6.07 Å². The highest BCUT2D eigenvalue weighted by Crippen LogP contribution is 2.27. The van der Waals surface area contributed by atoms with Gasteiger partial charge in [-0.25, -0.2) is 9.97 Å². The number of aromatic nitrogens is 2. The Morgan fingerprint density at radius 3 is 2.88 bits per heavy atom. The number of nitriles is 1. The molecule has 0 amide bonds. The van der Waals surface area contributed by atoms with Gasteiger partial charge in [-0.05, 0) is 18.9 Å². The summed E-state index contributed by atoms with van der Waals surface area (Å²) in [6, 6.07) is 3.52. The molecule has 0 spiro atoms. The molecule has 90 valence electrons. The summed E-state index contributed by atoms with van der Waals surface area (Å²) in [6.07, 6.45) is 6.51. The Kier molecular flexibility index (Phi) is 3.55. The molecule has 0 saturated heterocycles. The molecule has 5 heteroatoms. The van der Waals surface area contributed by atoms with Gasteiger partial charge in [-0.2, -0.15) is 5.26 Å². The number of nitrogens with one attached hydrogen (secondary N) is 1. The topological polar surface area (TPSA) is 81.8 Å². The molecule has 1 heterocycles. The van der Waals surface area contributed by atoms with Gasteiger partial charge in [0.25, 0.3) is 0 Å². The lowest BCUT2D eigenvalue weighted by molar-refractivity contribution is 0.0166. The average molecular weight is 232 g/mol. The number of aliphatic hydroxyl groups is 1. The molecule has 0 bridgehead atoms. The summed E-state index contributed by atoms with van der Waals surface area (Å²) >= 11 is 0. The zero-order valence-electron chi connectivity index (χ0n) is 9.69. The second-order valence-electron chi connectivity index (χ2n) is 4.52. The smallest absolute Gasteiger partial charge is 0.223 e. The highest BCUT2D eigenvalue weighted by atomic mass is 16.3. The molecule has 17 heavy (non-hydrogen) atoms. The molecular weight excluding hydrogens is 216 g/mol. The number of anilines is 1. The van der Waals surface area contributed by atoms with Gasteiger partial charge < -0.3 is 10.4 Å². The van der Waals surface area contributed by atoms with Gasteiger partial charge in [0.2, 0.25) is 5.95 Å². The summed E-state index contributed by atoms with van der Waals surface area (Å²) in [5.74, 6) is 0.406. The maximum Gasteiger partial charge on any atom is 0.223 e. The molecule has 0 aromatic carbocycles. The number of hydrogen-bond acceptors (Lipinski definition) is 5. The lowest BCUT2D eigenvalue weighted by Gasteiger charge is -2.32. The van der Waals surface area contributed by atoms with Gasteiger partial charge >= 0.3 is 0 Å². The quantitative estimate of drug-likeness (QED) is 0.824. The van der Waals surface area contributed by atoms with E-state index >= 15 is 0 Å². The summed E-state index contributed by atoms with van der Waals surface area (Å²) < 4.78 is 0. The zero-order valence-corrected chi connectivity index (χ0v) is 9.69. The van der Waals surface area contributed by atoms with Gasteiger partial charge in [0, 0.05) is 12.7 Å². The molecule has 1 aliphatic carbocycles. The fourth-order valence-corrected chi connectivity index (χ4v) is 2.14. The van der Waals surface area contributed by atoms with Crippen molar-refractivity contribution >= 4 is 5.95 Å². The number of hydrogen-bond donors (Lipinski definition) is 2. The van der Waals surface area contributed by atoms with Crippen molar-refractivity contribution in [1.29, 1.82) is 5.26 Å². The van der Waals surface area contributed by atoms with Crippen LogP contribution < -0.4 is 5.32 Å². The highest BCUT2D eigenvalue weighted by Gasteiger charge is 2.28. The Hall–Kier alpha value is -1.67. The predicted molar refractivity (Wildman–Crippen MR) is 63.3 cm³/mol. The van der Waals surface area contributed by atoms with Crippen LogP contribution in [0, 0.1) is 11.3 Å². The van der Waals surface area contributed by atoms with Crippen LogP contribution in [0.5, 0.6) is 0 Å². The first-order chi connectivity index (χ1) is 8.22. The van der Waals surface area contributed by atoms with E-state index in [2.05, 4.69) is 15.3 Å². The van der Waals surface area contributed by atoms with Crippen molar-refractivity contribution in [3.05, 3.63) is 18.0 Å². The van der Waals surface area contributed by atoms with Gasteiger partial charge in [-0.3, -0.25) is 0 Å². The third-order valence-electron chi connectivity index (χ3n) is 3.13. The minimum atomic E-state index is -0.649. The Morgan fingerprint density at radius 1 is 1.41 bits per heavy atom. The normalized spacial score (nSPS) is 18.4. The third-order valence-corrected chi connectivity index (χ3v) is 3.13. The van der Waals surface area contributed by atoms with Crippen molar-refractivity contribution in [3.8, 4) is 6.07 Å². The summed E-state index contributed by atoms with van der Waals surface area (Å²) in [6.45, 7) is 0.446. The van der Waals surface area contributed by atoms with Crippen LogP contribution in [0.25, 0.3) is 0 Å². The molecule has 1 aromatic rings. The molecule has 2 N–H and O–H groups in total. The van der Waals surface area contributed by atoms with E-state index in [1.165, 1.54) is 6.42 Å². The van der Waals surface area contributed by atoms with E-state index < -0.39 is 5.60 Å². The number of rotatable bonds is 3. The van der Waals surface area contributed by atoms with Crippen LogP contribution >= 0.6 is 0 Å². The van der Waals surface area contributed by atoms with Gasteiger partial charge in [0.1, 0.15) is 11.8 Å². The van der Waals surface area contributed by atoms with Crippen LogP contribution in [0.2, 0.25) is 0 Å². The fraction of sp³-hybridized carbons (Fsp3) is 0.583. The molecule has 0 unspecified atom stereocenters. The minimum absolute atomic E-state index is 0.332. The molecule has 1 aliphatic rings. The molecule has 5 nitrogen and oxygen atoms in total. The van der Waals surface area contributed by atoms with Crippen molar-refractivity contribution in [2.75, 3.05) is 11.9 Å². The molecule has 0 atom stereocenters. The highest BCUT2D eigenvalue weighted by molar-refractivity contribution is 5.30.